The fourth-order valence-electron chi connectivity index (χ4n) is 0.174. The van der Waals surface area contributed by atoms with E-state index in [1.165, 1.54) is 0 Å². The lowest BCUT2D eigenvalue weighted by Gasteiger charge is -1.89. The second-order valence-corrected chi connectivity index (χ2v) is 1.98. The quantitative estimate of drug-likeness (QED) is 0.530. The summed E-state index contributed by atoms with van der Waals surface area (Å²) in [5.74, 6) is 1.16. The largest absolute Gasteiger partial charge is 0.315 e. The summed E-state index contributed by atoms with van der Waals surface area (Å²) >= 11 is 1.82. The molecular formula is C4H10NS. The van der Waals surface area contributed by atoms with Crippen molar-refractivity contribution in [1.82, 2.24) is 5.32 Å². The molecule has 0 aliphatic rings. The number of nitrogens with one attached hydrogen (secondary N) is 1. The Labute approximate surface area is 43.5 Å². The van der Waals surface area contributed by atoms with Crippen LogP contribution in [-0.4, -0.2) is 18.6 Å². The van der Waals surface area contributed by atoms with Crippen molar-refractivity contribution in [2.24, 2.45) is 0 Å². The Kier molecular flexibility index (Phi) is 5.58. The summed E-state index contributed by atoms with van der Waals surface area (Å²) in [5, 5.41) is 2.80. The van der Waals surface area contributed by atoms with Crippen LogP contribution in [0.4, 0.5) is 0 Å². The van der Waals surface area contributed by atoms with Crippen LogP contribution in [0.2, 0.25) is 0 Å². The van der Waals surface area contributed by atoms with Crippen molar-refractivity contribution in [2.45, 2.75) is 0 Å². The Hall–Kier alpha value is 0.310. The monoisotopic (exact) mass is 104 g/mol. The molecule has 0 aromatic heterocycles. The van der Waals surface area contributed by atoms with E-state index in [4.69, 9.17) is 0 Å². The van der Waals surface area contributed by atoms with E-state index in [0.29, 0.717) is 0 Å². The van der Waals surface area contributed by atoms with E-state index in [-0.39, 0.29) is 0 Å². The third kappa shape index (κ3) is 4.31. The number of thioether (sulfide) groups is 1. The zero-order chi connectivity index (χ0) is 4.83. The lowest BCUT2D eigenvalue weighted by Crippen LogP contribution is -2.06. The topological polar surface area (TPSA) is 12.0 Å². The van der Waals surface area contributed by atoms with Gasteiger partial charge in [-0.3, -0.25) is 0 Å². The maximum atomic E-state index is 3.46. The molecule has 0 bridgehead atoms. The van der Waals surface area contributed by atoms with Gasteiger partial charge in [-0.1, -0.05) is 0 Å². The normalized spacial score (nSPS) is 9.00. The van der Waals surface area contributed by atoms with Crippen molar-refractivity contribution in [3.8, 4) is 0 Å². The molecule has 0 atom stereocenters. The minimum atomic E-state index is 1.02. The van der Waals surface area contributed by atoms with Gasteiger partial charge < -0.3 is 5.32 Å². The highest BCUT2D eigenvalue weighted by atomic mass is 32.2. The van der Waals surface area contributed by atoms with E-state index in [2.05, 4.69) is 18.6 Å². The average molecular weight is 104 g/mol. The maximum absolute atomic E-state index is 3.46. The SMILES string of the molecule is [CH2]NCCSC. The van der Waals surface area contributed by atoms with Gasteiger partial charge in [-0.15, -0.1) is 0 Å². The molecule has 2 heteroatoms. The summed E-state index contributed by atoms with van der Waals surface area (Å²) in [5.41, 5.74) is 0. The number of hydrogen-bond acceptors (Lipinski definition) is 2. The minimum Gasteiger partial charge on any atom is -0.315 e. The lowest BCUT2D eigenvalue weighted by atomic mass is 10.8. The highest BCUT2D eigenvalue weighted by Crippen LogP contribution is 1.85. The Morgan fingerprint density at radius 2 is 2.50 bits per heavy atom. The first kappa shape index (κ1) is 6.31. The molecule has 0 saturated carbocycles. The summed E-state index contributed by atoms with van der Waals surface area (Å²) in [7, 11) is 3.46. The van der Waals surface area contributed by atoms with Gasteiger partial charge in [-0.05, 0) is 6.26 Å². The number of rotatable bonds is 3. The molecule has 0 aromatic rings. The van der Waals surface area contributed by atoms with Gasteiger partial charge in [-0.2, -0.15) is 11.8 Å². The second-order valence-electron chi connectivity index (χ2n) is 0.993. The zero-order valence-corrected chi connectivity index (χ0v) is 4.85. The first-order chi connectivity index (χ1) is 2.91. The van der Waals surface area contributed by atoms with Crippen LogP contribution in [0.5, 0.6) is 0 Å². The molecule has 0 heterocycles. The molecular weight excluding hydrogens is 94.1 g/mol. The summed E-state index contributed by atoms with van der Waals surface area (Å²) in [6.45, 7) is 1.02. The fourth-order valence-corrected chi connectivity index (χ4v) is 0.523. The van der Waals surface area contributed by atoms with E-state index in [9.17, 15) is 0 Å². The van der Waals surface area contributed by atoms with Gasteiger partial charge in [-0.25, -0.2) is 0 Å². The summed E-state index contributed by atoms with van der Waals surface area (Å²) < 4.78 is 0. The standard InChI is InChI=1S/C4H10NS/c1-5-3-4-6-2/h5H,1,3-4H2,2H3. The molecule has 0 aliphatic carbocycles. The lowest BCUT2D eigenvalue weighted by molar-refractivity contribution is 0.926. The molecule has 0 rings (SSSR count). The summed E-state index contributed by atoms with van der Waals surface area (Å²) in [6.07, 6.45) is 2.08. The van der Waals surface area contributed by atoms with Crippen LogP contribution in [0.3, 0.4) is 0 Å². The van der Waals surface area contributed by atoms with Crippen molar-refractivity contribution in [2.75, 3.05) is 18.6 Å². The molecule has 0 saturated heterocycles. The Balaban J connectivity index is 2.34. The third-order valence-corrected chi connectivity index (χ3v) is 1.10. The van der Waals surface area contributed by atoms with Gasteiger partial charge in [0.25, 0.3) is 0 Å². The molecule has 0 unspecified atom stereocenters. The average Bonchev–Trinajstić information content (AvgIpc) is 1.61. The summed E-state index contributed by atoms with van der Waals surface area (Å²) in [6, 6.07) is 0. The molecule has 0 fully saturated rings. The van der Waals surface area contributed by atoms with Crippen LogP contribution in [0.15, 0.2) is 0 Å². The molecule has 1 N–H and O–H groups in total. The zero-order valence-electron chi connectivity index (χ0n) is 4.03. The van der Waals surface area contributed by atoms with Crippen LogP contribution in [0.25, 0.3) is 0 Å². The molecule has 0 spiro atoms. The minimum absolute atomic E-state index is 1.02. The van der Waals surface area contributed by atoms with Crippen molar-refractivity contribution in [3.05, 3.63) is 7.05 Å². The van der Waals surface area contributed by atoms with E-state index < -0.39 is 0 Å². The maximum Gasteiger partial charge on any atom is 0.00770 e. The van der Waals surface area contributed by atoms with E-state index in [1.807, 2.05) is 11.8 Å². The third-order valence-electron chi connectivity index (χ3n) is 0.483. The van der Waals surface area contributed by atoms with E-state index in [1.54, 1.807) is 0 Å². The van der Waals surface area contributed by atoms with Gasteiger partial charge in [0.05, 0.1) is 0 Å². The van der Waals surface area contributed by atoms with Crippen LogP contribution in [-0.2, 0) is 0 Å². The van der Waals surface area contributed by atoms with Crippen molar-refractivity contribution in [1.29, 1.82) is 0 Å². The van der Waals surface area contributed by atoms with Gasteiger partial charge in [0.2, 0.25) is 0 Å². The van der Waals surface area contributed by atoms with Gasteiger partial charge in [0.15, 0.2) is 0 Å². The molecule has 6 heavy (non-hydrogen) atoms. The van der Waals surface area contributed by atoms with E-state index >= 15 is 0 Å². The van der Waals surface area contributed by atoms with Gasteiger partial charge in [0.1, 0.15) is 0 Å². The van der Waals surface area contributed by atoms with Crippen molar-refractivity contribution >= 4 is 11.8 Å². The summed E-state index contributed by atoms with van der Waals surface area (Å²) in [4.78, 5) is 0. The van der Waals surface area contributed by atoms with E-state index in [0.717, 1.165) is 12.3 Å². The highest BCUT2D eigenvalue weighted by molar-refractivity contribution is 7.98. The van der Waals surface area contributed by atoms with Crippen LogP contribution in [0.1, 0.15) is 0 Å². The first-order valence-corrected chi connectivity index (χ1v) is 3.30. The number of hydrogen-bond donors (Lipinski definition) is 1. The molecule has 37 valence electrons. The van der Waals surface area contributed by atoms with Crippen LogP contribution >= 0.6 is 11.8 Å². The molecule has 0 aliphatic heterocycles. The first-order valence-electron chi connectivity index (χ1n) is 1.90. The van der Waals surface area contributed by atoms with Crippen molar-refractivity contribution in [3.63, 3.8) is 0 Å². The smallest absolute Gasteiger partial charge is 0.00770 e. The van der Waals surface area contributed by atoms with Gasteiger partial charge >= 0.3 is 0 Å². The Morgan fingerprint density at radius 3 is 2.67 bits per heavy atom. The molecule has 0 amide bonds. The predicted molar refractivity (Wildman–Crippen MR) is 31.7 cm³/mol. The Morgan fingerprint density at radius 1 is 1.83 bits per heavy atom. The van der Waals surface area contributed by atoms with Gasteiger partial charge in [0, 0.05) is 19.3 Å². The Bertz CT molecular complexity index is 19.5. The fraction of sp³-hybridized carbons (Fsp3) is 0.750. The predicted octanol–water partition coefficient (Wildman–Crippen LogP) is 0.731. The second kappa shape index (κ2) is 5.31. The van der Waals surface area contributed by atoms with Crippen LogP contribution < -0.4 is 5.32 Å². The molecule has 1 nitrogen and oxygen atoms in total. The molecule has 1 radical (unpaired) electrons. The molecule has 0 aromatic carbocycles. The van der Waals surface area contributed by atoms with Crippen LogP contribution in [0, 0.1) is 7.05 Å². The highest BCUT2D eigenvalue weighted by Gasteiger charge is 1.73. The van der Waals surface area contributed by atoms with Crippen molar-refractivity contribution < 1.29 is 0 Å².